The first-order valence-electron chi connectivity index (χ1n) is 8.75. The Labute approximate surface area is 157 Å². The molecule has 1 unspecified atom stereocenters. The predicted molar refractivity (Wildman–Crippen MR) is 99.2 cm³/mol. The number of nitrogens with two attached hydrogens (primary N) is 1. The third-order valence-corrected chi connectivity index (χ3v) is 4.78. The predicted octanol–water partition coefficient (Wildman–Crippen LogP) is 2.58. The number of phenolic OH excluding ortho intramolecular Hbond substituents is 1. The summed E-state index contributed by atoms with van der Waals surface area (Å²) in [6.45, 7) is 2.10. The average molecular weight is 367 g/mol. The van der Waals surface area contributed by atoms with E-state index in [0.29, 0.717) is 42.7 Å². The molecule has 0 fully saturated rings. The van der Waals surface area contributed by atoms with Gasteiger partial charge < -0.3 is 20.3 Å². The van der Waals surface area contributed by atoms with Crippen LogP contribution in [0.3, 0.4) is 0 Å². The van der Waals surface area contributed by atoms with E-state index >= 15 is 0 Å². The topological polar surface area (TPSA) is 118 Å². The zero-order valence-electron chi connectivity index (χ0n) is 15.3. The number of hydrogen-bond donors (Lipinski definition) is 2. The molecule has 0 saturated carbocycles. The molecule has 0 radical (unpaired) electrons. The summed E-state index contributed by atoms with van der Waals surface area (Å²) in [6.07, 6.45) is 1.61. The average Bonchev–Trinajstić information content (AvgIpc) is 2.66. The summed E-state index contributed by atoms with van der Waals surface area (Å²) in [5, 5.41) is 19.5. The number of benzene rings is 1. The van der Waals surface area contributed by atoms with E-state index in [0.717, 1.165) is 11.3 Å². The van der Waals surface area contributed by atoms with Crippen LogP contribution in [0.4, 0.5) is 5.82 Å². The molecule has 0 spiro atoms. The van der Waals surface area contributed by atoms with Gasteiger partial charge >= 0.3 is 5.97 Å². The van der Waals surface area contributed by atoms with Gasteiger partial charge in [0.15, 0.2) is 0 Å². The number of carbonyl (C=O) groups is 1. The normalized spacial score (nSPS) is 15.5. The fourth-order valence-electron chi connectivity index (χ4n) is 3.54. The number of methoxy groups -OCH3 is 1. The number of hydrogen-bond acceptors (Lipinski definition) is 7. The van der Waals surface area contributed by atoms with Crippen molar-refractivity contribution in [2.75, 3.05) is 19.5 Å². The van der Waals surface area contributed by atoms with Gasteiger partial charge in [-0.1, -0.05) is 0 Å². The van der Waals surface area contributed by atoms with Gasteiger partial charge in [-0.25, -0.2) is 4.98 Å². The van der Waals surface area contributed by atoms with Gasteiger partial charge in [0, 0.05) is 22.9 Å². The summed E-state index contributed by atoms with van der Waals surface area (Å²) in [5.41, 5.74) is 9.08. The Morgan fingerprint density at radius 3 is 2.93 bits per heavy atom. The van der Waals surface area contributed by atoms with Crippen molar-refractivity contribution in [3.05, 3.63) is 35.0 Å². The van der Waals surface area contributed by atoms with Crippen LogP contribution in [0.25, 0.3) is 11.1 Å². The number of pyridine rings is 1. The van der Waals surface area contributed by atoms with Crippen molar-refractivity contribution in [1.82, 2.24) is 4.98 Å². The first-order valence-corrected chi connectivity index (χ1v) is 8.75. The molecule has 1 aliphatic rings. The highest BCUT2D eigenvalue weighted by atomic mass is 16.5. The molecular formula is C20H21N3O4. The number of carbonyl (C=O) groups excluding carboxylic acids is 1. The summed E-state index contributed by atoms with van der Waals surface area (Å²) < 4.78 is 10.6. The highest BCUT2D eigenvalue weighted by molar-refractivity contribution is 5.84. The largest absolute Gasteiger partial charge is 0.508 e. The molecule has 1 atom stereocenters. The molecule has 0 saturated heterocycles. The molecule has 3 N–H and O–H groups in total. The van der Waals surface area contributed by atoms with E-state index in [1.165, 1.54) is 19.2 Å². The molecule has 27 heavy (non-hydrogen) atoms. The lowest BCUT2D eigenvalue weighted by molar-refractivity contribution is -0.148. The summed E-state index contributed by atoms with van der Waals surface area (Å²) in [7, 11) is 1.49. The summed E-state index contributed by atoms with van der Waals surface area (Å²) in [6, 6.07) is 6.80. The van der Waals surface area contributed by atoms with Gasteiger partial charge in [-0.05, 0) is 43.9 Å². The van der Waals surface area contributed by atoms with E-state index in [1.54, 1.807) is 13.0 Å². The Morgan fingerprint density at radius 2 is 2.26 bits per heavy atom. The molecule has 1 aromatic heterocycles. The molecule has 7 heteroatoms. The second-order valence-electron chi connectivity index (χ2n) is 6.36. The van der Waals surface area contributed by atoms with Gasteiger partial charge in [0.2, 0.25) is 0 Å². The van der Waals surface area contributed by atoms with Gasteiger partial charge in [0.1, 0.15) is 28.9 Å². The van der Waals surface area contributed by atoms with Crippen LogP contribution in [0, 0.1) is 17.2 Å². The van der Waals surface area contributed by atoms with Gasteiger partial charge in [-0.2, -0.15) is 5.26 Å². The maximum Gasteiger partial charge on any atom is 0.309 e. The van der Waals surface area contributed by atoms with Gasteiger partial charge in [-0.3, -0.25) is 4.79 Å². The smallest absolute Gasteiger partial charge is 0.309 e. The molecule has 1 heterocycles. The second kappa shape index (κ2) is 7.54. The monoisotopic (exact) mass is 367 g/mol. The number of nitriles is 1. The van der Waals surface area contributed by atoms with Crippen molar-refractivity contribution >= 4 is 11.8 Å². The molecule has 0 bridgehead atoms. The summed E-state index contributed by atoms with van der Waals surface area (Å²) >= 11 is 0. The lowest BCUT2D eigenvalue weighted by atomic mass is 9.81. The van der Waals surface area contributed by atoms with Crippen molar-refractivity contribution in [3.8, 4) is 28.7 Å². The maximum atomic E-state index is 12.3. The number of aryl methyl sites for hydroxylation is 1. The minimum absolute atomic E-state index is 0.0504. The molecule has 7 nitrogen and oxygen atoms in total. The molecule has 0 aliphatic heterocycles. The Hall–Kier alpha value is -3.27. The Kier molecular flexibility index (Phi) is 5.17. The zero-order valence-corrected chi connectivity index (χ0v) is 15.3. The standard InChI is InChI=1S/C20H21N3O4/c1-3-27-20(25)11-4-7-16-14(8-11)18(15(10-21)19(22)23-16)13-6-5-12(24)9-17(13)26-2/h5-6,9,11,24H,3-4,7-8H2,1-2H3,(H2,22,23). The van der Waals surface area contributed by atoms with Crippen LogP contribution in [0.15, 0.2) is 18.2 Å². The SMILES string of the molecule is CCOC(=O)C1CCc2nc(N)c(C#N)c(-c3ccc(O)cc3OC)c2C1. The zero-order chi connectivity index (χ0) is 19.6. The number of nitrogen functional groups attached to an aromatic ring is 1. The number of ether oxygens (including phenoxy) is 2. The number of phenols is 1. The van der Waals surface area contributed by atoms with E-state index in [-0.39, 0.29) is 29.0 Å². The minimum Gasteiger partial charge on any atom is -0.508 e. The third kappa shape index (κ3) is 3.38. The number of anilines is 1. The van der Waals surface area contributed by atoms with Crippen molar-refractivity contribution < 1.29 is 19.4 Å². The van der Waals surface area contributed by atoms with Crippen LogP contribution in [0.1, 0.15) is 30.2 Å². The Bertz CT molecular complexity index is 934. The van der Waals surface area contributed by atoms with Gasteiger partial charge in [0.05, 0.1) is 19.6 Å². The van der Waals surface area contributed by atoms with E-state index in [4.69, 9.17) is 15.2 Å². The van der Waals surface area contributed by atoms with Gasteiger partial charge in [0.25, 0.3) is 0 Å². The number of fused-ring (bicyclic) bond motifs is 1. The second-order valence-corrected chi connectivity index (χ2v) is 6.36. The van der Waals surface area contributed by atoms with Crippen molar-refractivity contribution in [2.24, 2.45) is 5.92 Å². The number of aromatic nitrogens is 1. The van der Waals surface area contributed by atoms with E-state index in [1.807, 2.05) is 0 Å². The molecule has 3 rings (SSSR count). The van der Waals surface area contributed by atoms with E-state index in [2.05, 4.69) is 11.1 Å². The Morgan fingerprint density at radius 1 is 1.48 bits per heavy atom. The number of esters is 1. The summed E-state index contributed by atoms with van der Waals surface area (Å²) in [5.74, 6) is 0.0707. The van der Waals surface area contributed by atoms with Crippen molar-refractivity contribution in [1.29, 1.82) is 5.26 Å². The molecule has 2 aromatic rings. The molecule has 1 aliphatic carbocycles. The van der Waals surface area contributed by atoms with Crippen LogP contribution in [0.2, 0.25) is 0 Å². The fourth-order valence-corrected chi connectivity index (χ4v) is 3.54. The van der Waals surface area contributed by atoms with E-state index < -0.39 is 0 Å². The summed E-state index contributed by atoms with van der Waals surface area (Å²) in [4.78, 5) is 16.7. The van der Waals surface area contributed by atoms with Gasteiger partial charge in [-0.15, -0.1) is 0 Å². The minimum atomic E-state index is -0.295. The van der Waals surface area contributed by atoms with Crippen LogP contribution in [0.5, 0.6) is 11.5 Å². The maximum absolute atomic E-state index is 12.3. The highest BCUT2D eigenvalue weighted by Crippen LogP contribution is 2.42. The fraction of sp³-hybridized carbons (Fsp3) is 0.350. The highest BCUT2D eigenvalue weighted by Gasteiger charge is 2.31. The van der Waals surface area contributed by atoms with Crippen LogP contribution in [-0.2, 0) is 22.4 Å². The van der Waals surface area contributed by atoms with E-state index in [9.17, 15) is 15.2 Å². The molecule has 1 aromatic carbocycles. The van der Waals surface area contributed by atoms with Crippen molar-refractivity contribution in [3.63, 3.8) is 0 Å². The number of aromatic hydroxyl groups is 1. The Balaban J connectivity index is 2.21. The van der Waals surface area contributed by atoms with Crippen LogP contribution in [-0.4, -0.2) is 29.8 Å². The van der Waals surface area contributed by atoms with Crippen LogP contribution >= 0.6 is 0 Å². The first-order chi connectivity index (χ1) is 13.0. The molecular weight excluding hydrogens is 346 g/mol. The quantitative estimate of drug-likeness (QED) is 0.797. The number of rotatable bonds is 4. The lowest BCUT2D eigenvalue weighted by Crippen LogP contribution is -2.26. The lowest BCUT2D eigenvalue weighted by Gasteiger charge is -2.26. The third-order valence-electron chi connectivity index (χ3n) is 4.78. The number of nitrogens with zero attached hydrogens (tertiary/aromatic N) is 2. The molecule has 140 valence electrons. The van der Waals surface area contributed by atoms with Crippen LogP contribution < -0.4 is 10.5 Å². The first kappa shape index (κ1) is 18.5. The molecule has 0 amide bonds. The van der Waals surface area contributed by atoms with Crippen molar-refractivity contribution in [2.45, 2.75) is 26.2 Å².